The second-order valence-corrected chi connectivity index (χ2v) is 8.00. The molecule has 4 rings (SSSR count). The number of hydrogen-bond acceptors (Lipinski definition) is 5. The Morgan fingerprint density at radius 1 is 1.22 bits per heavy atom. The zero-order chi connectivity index (χ0) is 22.8. The van der Waals surface area contributed by atoms with Crippen molar-refractivity contribution in [1.82, 2.24) is 15.2 Å². The number of anilines is 1. The van der Waals surface area contributed by atoms with Crippen LogP contribution >= 0.6 is 0 Å². The number of hydrogen-bond donors (Lipinski definition) is 2. The third-order valence-electron chi connectivity index (χ3n) is 6.04. The predicted molar refractivity (Wildman–Crippen MR) is 122 cm³/mol. The summed E-state index contributed by atoms with van der Waals surface area (Å²) in [6.45, 7) is 8.47. The first-order valence-electron chi connectivity index (χ1n) is 10.7. The maximum Gasteiger partial charge on any atom is 0.293 e. The molecule has 0 aliphatic carbocycles. The van der Waals surface area contributed by atoms with E-state index in [0.717, 1.165) is 38.4 Å². The van der Waals surface area contributed by atoms with Crippen molar-refractivity contribution in [2.24, 2.45) is 0 Å². The normalized spacial score (nSPS) is 15.7. The summed E-state index contributed by atoms with van der Waals surface area (Å²) in [7, 11) is 0. The molecule has 0 radical (unpaired) electrons. The van der Waals surface area contributed by atoms with Gasteiger partial charge < -0.3 is 20.1 Å². The lowest BCUT2D eigenvalue weighted by Gasteiger charge is -2.37. The second-order valence-electron chi connectivity index (χ2n) is 8.00. The van der Waals surface area contributed by atoms with Gasteiger partial charge in [0.1, 0.15) is 17.0 Å². The van der Waals surface area contributed by atoms with Gasteiger partial charge in [-0.2, -0.15) is 0 Å². The van der Waals surface area contributed by atoms with Crippen molar-refractivity contribution in [2.75, 3.05) is 37.6 Å². The molecule has 8 nitrogen and oxygen atoms in total. The number of carbonyl (C=O) groups excluding carboxylic acids is 1. The van der Waals surface area contributed by atoms with E-state index in [1.54, 1.807) is 24.3 Å². The van der Waals surface area contributed by atoms with E-state index in [2.05, 4.69) is 27.0 Å². The van der Waals surface area contributed by atoms with Crippen molar-refractivity contribution in [2.45, 2.75) is 19.9 Å². The Morgan fingerprint density at radius 2 is 1.97 bits per heavy atom. The van der Waals surface area contributed by atoms with Crippen molar-refractivity contribution in [1.29, 1.82) is 0 Å². The number of halogens is 1. The minimum Gasteiger partial charge on any atom is -0.369 e. The molecule has 1 atom stereocenters. The molecule has 0 spiro atoms. The number of nitro groups is 1. The highest BCUT2D eigenvalue weighted by molar-refractivity contribution is 6.00. The number of para-hydroxylation sites is 1. The Morgan fingerprint density at radius 3 is 2.66 bits per heavy atom. The highest BCUT2D eigenvalue weighted by Crippen LogP contribution is 2.29. The highest BCUT2D eigenvalue weighted by Gasteiger charge is 2.23. The maximum atomic E-state index is 14.1. The highest BCUT2D eigenvalue weighted by atomic mass is 19.1. The molecule has 0 bridgehead atoms. The number of nitrogens with one attached hydrogen (secondary N) is 2. The van der Waals surface area contributed by atoms with Gasteiger partial charge in [-0.15, -0.1) is 0 Å². The number of non-ortho nitro benzene ring substituents is 1. The van der Waals surface area contributed by atoms with E-state index >= 15 is 0 Å². The quantitative estimate of drug-likeness (QED) is 0.449. The zero-order valence-electron chi connectivity index (χ0n) is 18.1. The standard InChI is InChI=1S/C23H26FN5O3/c1-3-27-9-11-28(12-10-27)20-8-7-17(24)14-18(20)15(2)25-23(30)19-13-16-5-4-6-21(29(31)32)22(16)26-19/h4-8,13-15,26H,3,9-12H2,1-2H3,(H,25,30). The van der Waals surface area contributed by atoms with Crippen LogP contribution in [-0.2, 0) is 0 Å². The molecule has 1 aromatic heterocycles. The number of aromatic nitrogens is 1. The van der Waals surface area contributed by atoms with Gasteiger partial charge in [0.05, 0.1) is 11.0 Å². The average molecular weight is 439 g/mol. The number of carbonyl (C=O) groups is 1. The molecule has 1 aliphatic heterocycles. The molecule has 3 aromatic rings. The Bertz CT molecular complexity index is 1150. The molecule has 2 N–H and O–H groups in total. The second kappa shape index (κ2) is 8.96. The number of likely N-dealkylation sites (N-methyl/N-ethyl adjacent to an activating group) is 1. The van der Waals surface area contributed by atoms with Crippen LogP contribution in [0.25, 0.3) is 10.9 Å². The number of amides is 1. The number of aromatic amines is 1. The van der Waals surface area contributed by atoms with Crippen LogP contribution in [0.15, 0.2) is 42.5 Å². The minimum absolute atomic E-state index is 0.0896. The van der Waals surface area contributed by atoms with Crippen molar-refractivity contribution < 1.29 is 14.1 Å². The third-order valence-corrected chi connectivity index (χ3v) is 6.04. The molecule has 1 amide bonds. The van der Waals surface area contributed by atoms with E-state index in [9.17, 15) is 19.3 Å². The number of nitro benzene ring substituents is 1. The fourth-order valence-corrected chi connectivity index (χ4v) is 4.23. The van der Waals surface area contributed by atoms with Crippen LogP contribution in [0.2, 0.25) is 0 Å². The Balaban J connectivity index is 1.56. The fraction of sp³-hybridized carbons (Fsp3) is 0.348. The lowest BCUT2D eigenvalue weighted by atomic mass is 10.0. The van der Waals surface area contributed by atoms with Crippen LogP contribution in [0.4, 0.5) is 15.8 Å². The molecular weight excluding hydrogens is 413 g/mol. The van der Waals surface area contributed by atoms with Crippen molar-refractivity contribution in [3.8, 4) is 0 Å². The fourth-order valence-electron chi connectivity index (χ4n) is 4.23. The summed E-state index contributed by atoms with van der Waals surface area (Å²) in [5.41, 5.74) is 2.03. The third kappa shape index (κ3) is 4.29. The SMILES string of the molecule is CCN1CCN(c2ccc(F)cc2C(C)NC(=O)c2cc3cccc([N+](=O)[O-])c3[nH]2)CC1. The molecule has 1 aliphatic rings. The zero-order valence-corrected chi connectivity index (χ0v) is 18.1. The van der Waals surface area contributed by atoms with Crippen LogP contribution in [-0.4, -0.2) is 53.4 Å². The number of H-pyrrole nitrogens is 1. The van der Waals surface area contributed by atoms with Crippen LogP contribution in [0.1, 0.15) is 35.9 Å². The Kier molecular flexibility index (Phi) is 6.09. The molecule has 2 aromatic carbocycles. The number of rotatable bonds is 6. The Labute approximate surface area is 185 Å². The summed E-state index contributed by atoms with van der Waals surface area (Å²) in [4.78, 5) is 31.1. The maximum absolute atomic E-state index is 14.1. The summed E-state index contributed by atoms with van der Waals surface area (Å²) in [6, 6.07) is 10.5. The predicted octanol–water partition coefficient (Wildman–Crippen LogP) is 3.85. The smallest absolute Gasteiger partial charge is 0.293 e. The van der Waals surface area contributed by atoms with Crippen LogP contribution in [0, 0.1) is 15.9 Å². The molecule has 2 heterocycles. The summed E-state index contributed by atoms with van der Waals surface area (Å²) in [5.74, 6) is -0.771. The van der Waals surface area contributed by atoms with Crippen LogP contribution < -0.4 is 10.2 Å². The lowest BCUT2D eigenvalue weighted by Crippen LogP contribution is -2.46. The van der Waals surface area contributed by atoms with Gasteiger partial charge in [0.25, 0.3) is 11.6 Å². The van der Waals surface area contributed by atoms with E-state index in [0.29, 0.717) is 16.5 Å². The monoisotopic (exact) mass is 439 g/mol. The number of fused-ring (bicyclic) bond motifs is 1. The van der Waals surface area contributed by atoms with Gasteiger partial charge in [0, 0.05) is 48.9 Å². The first-order chi connectivity index (χ1) is 15.4. The molecule has 32 heavy (non-hydrogen) atoms. The minimum atomic E-state index is -0.486. The van der Waals surface area contributed by atoms with Gasteiger partial charge in [-0.1, -0.05) is 19.1 Å². The average Bonchev–Trinajstić information content (AvgIpc) is 3.23. The largest absolute Gasteiger partial charge is 0.369 e. The summed E-state index contributed by atoms with van der Waals surface area (Å²) in [5, 5.41) is 14.7. The van der Waals surface area contributed by atoms with Gasteiger partial charge >= 0.3 is 0 Å². The molecule has 168 valence electrons. The molecule has 9 heteroatoms. The topological polar surface area (TPSA) is 94.5 Å². The van der Waals surface area contributed by atoms with E-state index in [1.165, 1.54) is 18.2 Å². The van der Waals surface area contributed by atoms with Gasteiger partial charge in [0.15, 0.2) is 0 Å². The first-order valence-corrected chi connectivity index (χ1v) is 10.7. The summed E-state index contributed by atoms with van der Waals surface area (Å²) in [6.07, 6.45) is 0. The lowest BCUT2D eigenvalue weighted by molar-refractivity contribution is -0.383. The number of piperazine rings is 1. The summed E-state index contributed by atoms with van der Waals surface area (Å²) >= 11 is 0. The number of benzene rings is 2. The Hall–Kier alpha value is -3.46. The van der Waals surface area contributed by atoms with Crippen molar-refractivity contribution in [3.05, 3.63) is 69.7 Å². The van der Waals surface area contributed by atoms with E-state index in [-0.39, 0.29) is 17.2 Å². The molecule has 1 saturated heterocycles. The van der Waals surface area contributed by atoms with Crippen LogP contribution in [0.3, 0.4) is 0 Å². The first kappa shape index (κ1) is 21.8. The number of nitrogens with zero attached hydrogens (tertiary/aromatic N) is 3. The molecule has 0 saturated carbocycles. The summed E-state index contributed by atoms with van der Waals surface area (Å²) < 4.78 is 14.1. The molecule has 1 unspecified atom stereocenters. The van der Waals surface area contributed by atoms with E-state index < -0.39 is 16.9 Å². The molecule has 1 fully saturated rings. The van der Waals surface area contributed by atoms with Crippen molar-refractivity contribution in [3.63, 3.8) is 0 Å². The van der Waals surface area contributed by atoms with Gasteiger partial charge in [-0.25, -0.2) is 4.39 Å². The molecular formula is C23H26FN5O3. The van der Waals surface area contributed by atoms with Gasteiger partial charge in [-0.05, 0) is 37.7 Å². The van der Waals surface area contributed by atoms with Crippen LogP contribution in [0.5, 0.6) is 0 Å². The van der Waals surface area contributed by atoms with Gasteiger partial charge in [-0.3, -0.25) is 14.9 Å². The van der Waals surface area contributed by atoms with Gasteiger partial charge in [0.2, 0.25) is 0 Å². The van der Waals surface area contributed by atoms with E-state index in [1.807, 2.05) is 6.92 Å². The van der Waals surface area contributed by atoms with E-state index in [4.69, 9.17) is 0 Å². The van der Waals surface area contributed by atoms with Crippen molar-refractivity contribution >= 4 is 28.2 Å².